The van der Waals surface area contributed by atoms with Gasteiger partial charge in [-0.15, -0.1) is 0 Å². The first-order valence-electron chi connectivity index (χ1n) is 8.43. The Bertz CT molecular complexity index is 894. The lowest BCUT2D eigenvalue weighted by Crippen LogP contribution is -2.15. The molecule has 0 amide bonds. The van der Waals surface area contributed by atoms with Crippen LogP contribution in [0.1, 0.15) is 37.7 Å². The molecule has 1 saturated carbocycles. The van der Waals surface area contributed by atoms with Crippen LogP contribution >= 0.6 is 0 Å². The summed E-state index contributed by atoms with van der Waals surface area (Å²) in [6.07, 6.45) is 7.52. The second-order valence-electron chi connectivity index (χ2n) is 6.42. The minimum atomic E-state index is -1.21. The van der Waals surface area contributed by atoms with Crippen LogP contribution in [0.3, 0.4) is 0 Å². The van der Waals surface area contributed by atoms with Gasteiger partial charge in [-0.05, 0) is 37.8 Å². The number of rotatable bonds is 4. The van der Waals surface area contributed by atoms with Gasteiger partial charge in [0.05, 0.1) is 11.1 Å². The van der Waals surface area contributed by atoms with Gasteiger partial charge >= 0.3 is 11.9 Å². The van der Waals surface area contributed by atoms with E-state index < -0.39 is 11.9 Å². The number of nitrogens with zero attached hydrogens (tertiary/aromatic N) is 1. The number of carbonyl (C=O) groups is 2. The summed E-state index contributed by atoms with van der Waals surface area (Å²) in [5, 5.41) is 20.3. The smallest absolute Gasteiger partial charge is 0.336 e. The second kappa shape index (κ2) is 6.97. The van der Waals surface area contributed by atoms with E-state index in [2.05, 4.69) is 0 Å². The van der Waals surface area contributed by atoms with Gasteiger partial charge in [-0.3, -0.25) is 0 Å². The van der Waals surface area contributed by atoms with Crippen molar-refractivity contribution in [3.8, 4) is 0 Å². The molecule has 3 rings (SSSR count). The Morgan fingerprint density at radius 2 is 1.72 bits per heavy atom. The summed E-state index contributed by atoms with van der Waals surface area (Å²) in [7, 11) is 1.89. The molecule has 1 aromatic carbocycles. The van der Waals surface area contributed by atoms with Crippen LogP contribution in [-0.2, 0) is 16.6 Å². The zero-order valence-electron chi connectivity index (χ0n) is 14.2. The van der Waals surface area contributed by atoms with Gasteiger partial charge in [0.15, 0.2) is 0 Å². The third-order valence-electron chi connectivity index (χ3n) is 4.75. The predicted octanol–water partition coefficient (Wildman–Crippen LogP) is 3.99. The van der Waals surface area contributed by atoms with Crippen molar-refractivity contribution in [2.45, 2.75) is 32.1 Å². The molecule has 0 aliphatic heterocycles. The normalized spacial score (nSPS) is 15.4. The van der Waals surface area contributed by atoms with Crippen LogP contribution < -0.4 is 0 Å². The van der Waals surface area contributed by atoms with E-state index in [0.717, 1.165) is 35.7 Å². The van der Waals surface area contributed by atoms with Crippen LogP contribution in [0.5, 0.6) is 0 Å². The maximum Gasteiger partial charge on any atom is 0.336 e. The Hall–Kier alpha value is -2.82. The zero-order valence-corrected chi connectivity index (χ0v) is 14.2. The lowest BCUT2D eigenvalue weighted by molar-refractivity contribution is -0.136. The third-order valence-corrected chi connectivity index (χ3v) is 4.75. The largest absolute Gasteiger partial charge is 0.478 e. The highest BCUT2D eigenvalue weighted by Gasteiger charge is 2.25. The van der Waals surface area contributed by atoms with E-state index in [1.807, 2.05) is 42.1 Å². The van der Waals surface area contributed by atoms with Crippen molar-refractivity contribution in [2.75, 3.05) is 0 Å². The van der Waals surface area contributed by atoms with Gasteiger partial charge in [-0.1, -0.05) is 30.2 Å². The molecular formula is C20H21NO4. The topological polar surface area (TPSA) is 79.5 Å². The summed E-state index contributed by atoms with van der Waals surface area (Å²) in [5.74, 6) is -2.37. The summed E-state index contributed by atoms with van der Waals surface area (Å²) in [5.41, 5.74) is 2.25. The number of benzene rings is 1. The molecule has 1 aromatic heterocycles. The zero-order chi connectivity index (χ0) is 18.0. The van der Waals surface area contributed by atoms with Crippen molar-refractivity contribution in [1.29, 1.82) is 0 Å². The standard InChI is InChI=1S/C20H21NO4/c1-21-12-14(15-9-5-6-10-17(15)21)11-16(19(22)23)18(20(24)25)13-7-3-2-4-8-13/h5-6,9-12H,2-4,7-8H2,1H3,(H,22,23)(H,24,25)/b16-11+. The quantitative estimate of drug-likeness (QED) is 0.826. The Labute approximate surface area is 145 Å². The highest BCUT2D eigenvalue weighted by atomic mass is 16.4. The Morgan fingerprint density at radius 3 is 2.36 bits per heavy atom. The van der Waals surface area contributed by atoms with Crippen LogP contribution in [-0.4, -0.2) is 26.7 Å². The highest BCUT2D eigenvalue weighted by molar-refractivity contribution is 6.10. The molecule has 2 N–H and O–H groups in total. The maximum atomic E-state index is 11.9. The lowest BCUT2D eigenvalue weighted by Gasteiger charge is -2.17. The molecule has 0 atom stereocenters. The second-order valence-corrected chi connectivity index (χ2v) is 6.42. The van der Waals surface area contributed by atoms with Gasteiger partial charge in [0, 0.05) is 29.7 Å². The number of aliphatic carboxylic acids is 2. The van der Waals surface area contributed by atoms with E-state index in [1.165, 1.54) is 6.08 Å². The van der Waals surface area contributed by atoms with Crippen LogP contribution in [0.4, 0.5) is 0 Å². The number of para-hydroxylation sites is 1. The first-order valence-corrected chi connectivity index (χ1v) is 8.43. The Morgan fingerprint density at radius 1 is 1.04 bits per heavy atom. The number of aryl methyl sites for hydroxylation is 1. The molecular weight excluding hydrogens is 318 g/mol. The maximum absolute atomic E-state index is 11.9. The number of hydrogen-bond donors (Lipinski definition) is 2. The van der Waals surface area contributed by atoms with Gasteiger partial charge in [-0.25, -0.2) is 9.59 Å². The Balaban J connectivity index is 2.18. The molecule has 0 radical (unpaired) electrons. The van der Waals surface area contributed by atoms with Crippen molar-refractivity contribution in [2.24, 2.45) is 7.05 Å². The predicted molar refractivity (Wildman–Crippen MR) is 96.3 cm³/mol. The molecule has 5 nitrogen and oxygen atoms in total. The third kappa shape index (κ3) is 3.36. The van der Waals surface area contributed by atoms with Crippen molar-refractivity contribution in [1.82, 2.24) is 4.57 Å². The molecule has 0 bridgehead atoms. The minimum Gasteiger partial charge on any atom is -0.478 e. The number of carboxylic acid groups (broad SMARTS) is 2. The fraction of sp³-hybridized carbons (Fsp3) is 0.300. The van der Waals surface area contributed by atoms with Crippen molar-refractivity contribution in [3.05, 3.63) is 52.7 Å². The fourth-order valence-corrected chi connectivity index (χ4v) is 3.57. The molecule has 1 heterocycles. The molecule has 0 spiro atoms. The highest BCUT2D eigenvalue weighted by Crippen LogP contribution is 2.31. The monoisotopic (exact) mass is 339 g/mol. The van der Waals surface area contributed by atoms with E-state index in [1.54, 1.807) is 0 Å². The van der Waals surface area contributed by atoms with E-state index in [0.29, 0.717) is 18.4 Å². The van der Waals surface area contributed by atoms with Gasteiger partial charge in [0.2, 0.25) is 0 Å². The molecule has 0 unspecified atom stereocenters. The number of allylic oxidation sites excluding steroid dienone is 1. The molecule has 0 saturated heterocycles. The molecule has 1 aliphatic rings. The van der Waals surface area contributed by atoms with Crippen molar-refractivity contribution in [3.63, 3.8) is 0 Å². The molecule has 5 heteroatoms. The van der Waals surface area contributed by atoms with Crippen molar-refractivity contribution < 1.29 is 19.8 Å². The number of carboxylic acids is 2. The van der Waals surface area contributed by atoms with E-state index in [4.69, 9.17) is 0 Å². The lowest BCUT2D eigenvalue weighted by atomic mass is 9.87. The summed E-state index contributed by atoms with van der Waals surface area (Å²) in [6, 6.07) is 7.66. The minimum absolute atomic E-state index is 0.0415. The first-order chi connectivity index (χ1) is 12.0. The number of hydrogen-bond acceptors (Lipinski definition) is 2. The summed E-state index contributed by atoms with van der Waals surface area (Å²) >= 11 is 0. The van der Waals surface area contributed by atoms with E-state index >= 15 is 0 Å². The van der Waals surface area contributed by atoms with Crippen LogP contribution in [0, 0.1) is 0 Å². The summed E-state index contributed by atoms with van der Waals surface area (Å²) in [4.78, 5) is 23.7. The number of fused-ring (bicyclic) bond motifs is 1. The van der Waals surface area contributed by atoms with Gasteiger partial charge in [-0.2, -0.15) is 0 Å². The van der Waals surface area contributed by atoms with Crippen LogP contribution in [0.15, 0.2) is 47.2 Å². The fourth-order valence-electron chi connectivity index (χ4n) is 3.57. The molecule has 25 heavy (non-hydrogen) atoms. The van der Waals surface area contributed by atoms with Gasteiger partial charge in [0.25, 0.3) is 0 Å². The number of aromatic nitrogens is 1. The molecule has 1 fully saturated rings. The van der Waals surface area contributed by atoms with E-state index in [-0.39, 0.29) is 11.1 Å². The SMILES string of the molecule is Cn1cc(/C=C(/C(=O)O)C(C(=O)O)=C2CCCCC2)c2ccccc21. The van der Waals surface area contributed by atoms with E-state index in [9.17, 15) is 19.8 Å². The van der Waals surface area contributed by atoms with Gasteiger partial charge < -0.3 is 14.8 Å². The average molecular weight is 339 g/mol. The van der Waals surface area contributed by atoms with Crippen molar-refractivity contribution >= 4 is 28.9 Å². The van der Waals surface area contributed by atoms with Crippen LogP contribution in [0.25, 0.3) is 17.0 Å². The first kappa shape index (κ1) is 17.0. The average Bonchev–Trinajstić information content (AvgIpc) is 2.91. The van der Waals surface area contributed by atoms with Crippen LogP contribution in [0.2, 0.25) is 0 Å². The summed E-state index contributed by atoms with van der Waals surface area (Å²) < 4.78 is 1.91. The van der Waals surface area contributed by atoms with Gasteiger partial charge in [0.1, 0.15) is 0 Å². The molecule has 130 valence electrons. The Kier molecular flexibility index (Phi) is 4.74. The molecule has 2 aromatic rings. The molecule has 1 aliphatic carbocycles. The summed E-state index contributed by atoms with van der Waals surface area (Å²) in [6.45, 7) is 0.